The SMILES string of the molecule is CC(=O)OCC(C)c1ccc2c(c1)S(=O)(=O)c1ccc(Br)cc1S2(=O)=O. The molecule has 1 atom stereocenters. The average Bonchev–Trinajstić information content (AvgIpc) is 2.57. The molecular weight excluding hydrogens is 444 g/mol. The summed E-state index contributed by atoms with van der Waals surface area (Å²) in [5.41, 5.74) is 0.573. The van der Waals surface area contributed by atoms with Crippen molar-refractivity contribution in [1.29, 1.82) is 0 Å². The van der Waals surface area contributed by atoms with Crippen molar-refractivity contribution in [2.24, 2.45) is 0 Å². The van der Waals surface area contributed by atoms with Crippen LogP contribution in [0.1, 0.15) is 25.3 Å². The molecule has 0 saturated carbocycles. The molecule has 0 aliphatic carbocycles. The Balaban J connectivity index is 2.18. The molecule has 0 spiro atoms. The fraction of sp³-hybridized carbons (Fsp3) is 0.235. The Morgan fingerprint density at radius 2 is 1.50 bits per heavy atom. The molecule has 0 fully saturated rings. The molecule has 0 N–H and O–H groups in total. The highest BCUT2D eigenvalue weighted by atomic mass is 79.9. The Labute approximate surface area is 160 Å². The van der Waals surface area contributed by atoms with Crippen LogP contribution in [-0.4, -0.2) is 29.4 Å². The van der Waals surface area contributed by atoms with Crippen LogP contribution in [0.5, 0.6) is 0 Å². The fourth-order valence-corrected chi connectivity index (χ4v) is 7.44. The van der Waals surface area contributed by atoms with Crippen LogP contribution in [0, 0.1) is 0 Å². The second-order valence-corrected chi connectivity index (χ2v) is 10.7. The van der Waals surface area contributed by atoms with E-state index in [1.165, 1.54) is 37.3 Å². The third-order valence-corrected chi connectivity index (χ3v) is 8.59. The first-order valence-electron chi connectivity index (χ1n) is 7.62. The maximum Gasteiger partial charge on any atom is 0.302 e. The molecule has 1 heterocycles. The third kappa shape index (κ3) is 3.08. The van der Waals surface area contributed by atoms with Crippen LogP contribution in [0.3, 0.4) is 0 Å². The monoisotopic (exact) mass is 458 g/mol. The Morgan fingerprint density at radius 1 is 0.962 bits per heavy atom. The molecular formula is C17H15BrO6S2. The first-order valence-corrected chi connectivity index (χ1v) is 11.4. The zero-order valence-electron chi connectivity index (χ0n) is 13.9. The van der Waals surface area contributed by atoms with Gasteiger partial charge in [-0.1, -0.05) is 28.9 Å². The lowest BCUT2D eigenvalue weighted by molar-refractivity contribution is -0.141. The average molecular weight is 459 g/mol. The predicted molar refractivity (Wildman–Crippen MR) is 96.5 cm³/mol. The van der Waals surface area contributed by atoms with Gasteiger partial charge in [0.05, 0.1) is 26.2 Å². The van der Waals surface area contributed by atoms with Crippen molar-refractivity contribution >= 4 is 41.6 Å². The lowest BCUT2D eigenvalue weighted by Crippen LogP contribution is -2.20. The third-order valence-electron chi connectivity index (χ3n) is 4.14. The van der Waals surface area contributed by atoms with Gasteiger partial charge in [0, 0.05) is 17.3 Å². The van der Waals surface area contributed by atoms with Crippen LogP contribution in [0.15, 0.2) is 60.5 Å². The van der Waals surface area contributed by atoms with Crippen molar-refractivity contribution in [3.63, 3.8) is 0 Å². The van der Waals surface area contributed by atoms with Gasteiger partial charge in [-0.25, -0.2) is 16.8 Å². The van der Waals surface area contributed by atoms with E-state index in [-0.39, 0.29) is 32.1 Å². The van der Waals surface area contributed by atoms with E-state index in [1.54, 1.807) is 13.0 Å². The van der Waals surface area contributed by atoms with Gasteiger partial charge in [-0.2, -0.15) is 0 Å². The summed E-state index contributed by atoms with van der Waals surface area (Å²) in [4.78, 5) is 10.00. The highest BCUT2D eigenvalue weighted by Crippen LogP contribution is 2.42. The van der Waals surface area contributed by atoms with Crippen molar-refractivity contribution in [3.05, 3.63) is 46.4 Å². The molecule has 0 bridgehead atoms. The molecule has 0 radical (unpaired) electrons. The quantitative estimate of drug-likeness (QED) is 0.559. The summed E-state index contributed by atoms with van der Waals surface area (Å²) in [6.07, 6.45) is 0. The van der Waals surface area contributed by atoms with Gasteiger partial charge in [-0.05, 0) is 35.9 Å². The second-order valence-electron chi connectivity index (χ2n) is 6.01. The number of sulfone groups is 2. The van der Waals surface area contributed by atoms with Gasteiger partial charge in [0.25, 0.3) is 0 Å². The van der Waals surface area contributed by atoms with Gasteiger partial charge in [-0.15, -0.1) is 0 Å². The summed E-state index contributed by atoms with van der Waals surface area (Å²) in [6, 6.07) is 8.26. The lowest BCUT2D eigenvalue weighted by atomic mass is 10.0. The Morgan fingerprint density at radius 3 is 2.08 bits per heavy atom. The molecule has 1 aliphatic rings. The highest BCUT2D eigenvalue weighted by molar-refractivity contribution is 9.10. The number of rotatable bonds is 3. The molecule has 1 aliphatic heterocycles. The molecule has 0 amide bonds. The minimum absolute atomic E-state index is 0.0739. The molecule has 3 rings (SSSR count). The van der Waals surface area contributed by atoms with Gasteiger partial charge in [-0.3, -0.25) is 4.79 Å². The highest BCUT2D eigenvalue weighted by Gasteiger charge is 2.39. The second kappa shape index (κ2) is 6.47. The van der Waals surface area contributed by atoms with Crippen LogP contribution < -0.4 is 0 Å². The Kier molecular flexibility index (Phi) is 4.74. The molecule has 0 aromatic heterocycles. The molecule has 0 saturated heterocycles. The standard InChI is InChI=1S/C17H15BrO6S2/c1-10(9-24-11(2)19)12-3-5-14-16(7-12)25(20,21)15-6-4-13(18)8-17(15)26(14,22)23/h3-8,10H,9H2,1-2H3. The molecule has 2 aromatic carbocycles. The number of fused-ring (bicyclic) bond motifs is 2. The van der Waals surface area contributed by atoms with E-state index in [1.807, 2.05) is 0 Å². The fourth-order valence-electron chi connectivity index (χ4n) is 2.75. The van der Waals surface area contributed by atoms with Gasteiger partial charge < -0.3 is 4.74 Å². The number of halogens is 1. The van der Waals surface area contributed by atoms with E-state index in [0.29, 0.717) is 10.0 Å². The van der Waals surface area contributed by atoms with Crippen molar-refractivity contribution in [3.8, 4) is 0 Å². The van der Waals surface area contributed by atoms with E-state index < -0.39 is 25.6 Å². The summed E-state index contributed by atoms with van der Waals surface area (Å²) in [7, 11) is -7.94. The van der Waals surface area contributed by atoms with Crippen LogP contribution in [-0.2, 0) is 29.2 Å². The zero-order valence-corrected chi connectivity index (χ0v) is 17.1. The number of benzene rings is 2. The zero-order chi connectivity index (χ0) is 19.3. The van der Waals surface area contributed by atoms with Crippen LogP contribution >= 0.6 is 15.9 Å². The maximum absolute atomic E-state index is 13.0. The van der Waals surface area contributed by atoms with Crippen LogP contribution in [0.25, 0.3) is 0 Å². The summed E-state index contributed by atoms with van der Waals surface area (Å²) in [5, 5.41) is 0. The van der Waals surface area contributed by atoms with Gasteiger partial charge in [0.1, 0.15) is 0 Å². The van der Waals surface area contributed by atoms with Crippen molar-refractivity contribution in [2.75, 3.05) is 6.61 Å². The minimum Gasteiger partial charge on any atom is -0.465 e. The van der Waals surface area contributed by atoms with E-state index in [0.717, 1.165) is 0 Å². The molecule has 26 heavy (non-hydrogen) atoms. The summed E-state index contributed by atoms with van der Waals surface area (Å²) >= 11 is 3.18. The summed E-state index contributed by atoms with van der Waals surface area (Å²) < 4.78 is 57.1. The normalized spacial score (nSPS) is 17.7. The van der Waals surface area contributed by atoms with E-state index >= 15 is 0 Å². The number of hydrogen-bond acceptors (Lipinski definition) is 6. The lowest BCUT2D eigenvalue weighted by Gasteiger charge is -2.22. The summed E-state index contributed by atoms with van der Waals surface area (Å²) in [5.74, 6) is -0.724. The van der Waals surface area contributed by atoms with Crippen molar-refractivity contribution < 1.29 is 26.4 Å². The largest absolute Gasteiger partial charge is 0.465 e. The van der Waals surface area contributed by atoms with Gasteiger partial charge in [0.15, 0.2) is 0 Å². The van der Waals surface area contributed by atoms with Gasteiger partial charge >= 0.3 is 5.97 Å². The molecule has 2 aromatic rings. The van der Waals surface area contributed by atoms with Gasteiger partial charge in [0.2, 0.25) is 19.7 Å². The first kappa shape index (κ1) is 19.1. The van der Waals surface area contributed by atoms with E-state index in [4.69, 9.17) is 4.74 Å². The van der Waals surface area contributed by atoms with E-state index in [9.17, 15) is 21.6 Å². The van der Waals surface area contributed by atoms with Crippen LogP contribution in [0.2, 0.25) is 0 Å². The van der Waals surface area contributed by atoms with Crippen molar-refractivity contribution in [2.45, 2.75) is 39.3 Å². The topological polar surface area (TPSA) is 94.6 Å². The first-order chi connectivity index (χ1) is 12.0. The smallest absolute Gasteiger partial charge is 0.302 e. The van der Waals surface area contributed by atoms with Crippen molar-refractivity contribution in [1.82, 2.24) is 0 Å². The minimum atomic E-state index is -3.98. The molecule has 1 unspecified atom stereocenters. The number of carbonyl (C=O) groups is 1. The maximum atomic E-state index is 13.0. The molecule has 138 valence electrons. The van der Waals surface area contributed by atoms with Crippen LogP contribution in [0.4, 0.5) is 0 Å². The number of hydrogen-bond donors (Lipinski definition) is 0. The van der Waals surface area contributed by atoms with E-state index in [2.05, 4.69) is 15.9 Å². The summed E-state index contributed by atoms with van der Waals surface area (Å²) in [6.45, 7) is 3.12. The number of carbonyl (C=O) groups excluding carboxylic acids is 1. The number of ether oxygens (including phenoxy) is 1. The molecule has 9 heteroatoms. The molecule has 6 nitrogen and oxygen atoms in total. The number of esters is 1. The Hall–Kier alpha value is -1.71. The Bertz CT molecular complexity index is 1120. The predicted octanol–water partition coefficient (Wildman–Crippen LogP) is 3.09.